The fourth-order valence-electron chi connectivity index (χ4n) is 2.62. The minimum absolute atomic E-state index is 0.720. The third-order valence-corrected chi connectivity index (χ3v) is 3.42. The molecule has 1 saturated heterocycles. The van der Waals surface area contributed by atoms with Gasteiger partial charge in [-0.1, -0.05) is 42.0 Å². The Kier molecular flexibility index (Phi) is 1.91. The maximum absolute atomic E-state index is 2.59. The predicted molar refractivity (Wildman–Crippen MR) is 58.2 cm³/mol. The SMILES string of the molecule is C1=C2CCN(C1)C2Cc1ccccc1. The summed E-state index contributed by atoms with van der Waals surface area (Å²) in [6, 6.07) is 11.6. The second-order valence-corrected chi connectivity index (χ2v) is 4.23. The molecule has 1 fully saturated rings. The minimum Gasteiger partial charge on any atom is -0.292 e. The maximum Gasteiger partial charge on any atom is 0.0352 e. The molecule has 1 heteroatoms. The van der Waals surface area contributed by atoms with Gasteiger partial charge in [0.15, 0.2) is 0 Å². The molecule has 2 bridgehead atoms. The fraction of sp³-hybridized carbons (Fsp3) is 0.385. The van der Waals surface area contributed by atoms with E-state index in [2.05, 4.69) is 41.3 Å². The standard InChI is InChI=1S/C13H15N/c1-2-4-11(5-3-1)10-13-12-6-8-14(13)9-7-12/h1-6,13H,7-10H2. The van der Waals surface area contributed by atoms with Gasteiger partial charge in [-0.3, -0.25) is 4.90 Å². The first kappa shape index (κ1) is 8.25. The Labute approximate surface area is 85.0 Å². The molecule has 2 atom stereocenters. The van der Waals surface area contributed by atoms with Crippen LogP contribution in [0, 0.1) is 0 Å². The third kappa shape index (κ3) is 1.28. The van der Waals surface area contributed by atoms with E-state index in [9.17, 15) is 0 Å². The number of hydrogen-bond donors (Lipinski definition) is 0. The van der Waals surface area contributed by atoms with E-state index < -0.39 is 0 Å². The van der Waals surface area contributed by atoms with E-state index in [0.29, 0.717) is 0 Å². The van der Waals surface area contributed by atoms with Gasteiger partial charge in [0.1, 0.15) is 0 Å². The van der Waals surface area contributed by atoms with Gasteiger partial charge in [0.05, 0.1) is 0 Å². The molecule has 2 heterocycles. The van der Waals surface area contributed by atoms with Crippen molar-refractivity contribution in [2.45, 2.75) is 18.9 Å². The zero-order valence-corrected chi connectivity index (χ0v) is 8.32. The third-order valence-electron chi connectivity index (χ3n) is 3.42. The summed E-state index contributed by atoms with van der Waals surface area (Å²) in [6.45, 7) is 2.47. The van der Waals surface area contributed by atoms with E-state index >= 15 is 0 Å². The van der Waals surface area contributed by atoms with Crippen LogP contribution < -0.4 is 0 Å². The van der Waals surface area contributed by atoms with Gasteiger partial charge < -0.3 is 0 Å². The van der Waals surface area contributed by atoms with Crippen LogP contribution in [0.15, 0.2) is 42.0 Å². The molecule has 0 aromatic heterocycles. The van der Waals surface area contributed by atoms with E-state index in [0.717, 1.165) is 6.04 Å². The Bertz CT molecular complexity index is 353. The summed E-state index contributed by atoms with van der Waals surface area (Å²) in [5.74, 6) is 0. The van der Waals surface area contributed by atoms with Crippen LogP contribution in [0.25, 0.3) is 0 Å². The van der Waals surface area contributed by atoms with E-state index in [-0.39, 0.29) is 0 Å². The summed E-state index contributed by atoms with van der Waals surface area (Å²) >= 11 is 0. The topological polar surface area (TPSA) is 3.24 Å². The summed E-state index contributed by atoms with van der Waals surface area (Å²) in [5.41, 5.74) is 3.14. The second kappa shape index (κ2) is 3.25. The van der Waals surface area contributed by atoms with Crippen molar-refractivity contribution in [3.05, 3.63) is 47.5 Å². The minimum atomic E-state index is 0.720. The number of benzene rings is 1. The molecule has 3 rings (SSSR count). The quantitative estimate of drug-likeness (QED) is 0.639. The van der Waals surface area contributed by atoms with E-state index in [1.807, 2.05) is 0 Å². The number of nitrogens with zero attached hydrogens (tertiary/aromatic N) is 1. The first-order chi connectivity index (χ1) is 6.93. The molecule has 2 unspecified atom stereocenters. The van der Waals surface area contributed by atoms with Crippen LogP contribution in [0.4, 0.5) is 0 Å². The number of hydrogen-bond acceptors (Lipinski definition) is 1. The monoisotopic (exact) mass is 185 g/mol. The summed E-state index contributed by atoms with van der Waals surface area (Å²) in [6.07, 6.45) is 4.92. The molecule has 14 heavy (non-hydrogen) atoms. The molecular weight excluding hydrogens is 170 g/mol. The zero-order valence-electron chi connectivity index (χ0n) is 8.32. The normalized spacial score (nSPS) is 29.3. The van der Waals surface area contributed by atoms with Gasteiger partial charge in [0.2, 0.25) is 0 Å². The average molecular weight is 185 g/mol. The molecule has 2 aliphatic rings. The van der Waals surface area contributed by atoms with Gasteiger partial charge >= 0.3 is 0 Å². The molecule has 2 aliphatic heterocycles. The lowest BCUT2D eigenvalue weighted by Crippen LogP contribution is -2.27. The van der Waals surface area contributed by atoms with Crippen molar-refractivity contribution < 1.29 is 0 Å². The molecule has 0 N–H and O–H groups in total. The summed E-state index contributed by atoms with van der Waals surface area (Å²) in [5, 5.41) is 0. The van der Waals surface area contributed by atoms with Crippen molar-refractivity contribution in [2.75, 3.05) is 13.1 Å². The van der Waals surface area contributed by atoms with Crippen LogP contribution in [-0.4, -0.2) is 24.0 Å². The lowest BCUT2D eigenvalue weighted by Gasteiger charge is -2.18. The second-order valence-electron chi connectivity index (χ2n) is 4.23. The molecule has 0 spiro atoms. The van der Waals surface area contributed by atoms with Gasteiger partial charge in [0.25, 0.3) is 0 Å². The summed E-state index contributed by atoms with van der Waals surface area (Å²) in [7, 11) is 0. The summed E-state index contributed by atoms with van der Waals surface area (Å²) in [4.78, 5) is 2.59. The van der Waals surface area contributed by atoms with Crippen LogP contribution >= 0.6 is 0 Å². The van der Waals surface area contributed by atoms with Crippen LogP contribution in [-0.2, 0) is 6.42 Å². The first-order valence-corrected chi connectivity index (χ1v) is 5.40. The Balaban J connectivity index is 1.78. The molecule has 0 radical (unpaired) electrons. The highest BCUT2D eigenvalue weighted by Gasteiger charge is 2.32. The van der Waals surface area contributed by atoms with Gasteiger partial charge in [0, 0.05) is 19.1 Å². The molecule has 1 nitrogen and oxygen atoms in total. The van der Waals surface area contributed by atoms with Gasteiger partial charge in [-0.15, -0.1) is 0 Å². The van der Waals surface area contributed by atoms with Crippen molar-refractivity contribution in [3.8, 4) is 0 Å². The average Bonchev–Trinajstić information content (AvgIpc) is 2.80. The molecule has 0 saturated carbocycles. The first-order valence-electron chi connectivity index (χ1n) is 5.40. The fourth-order valence-corrected chi connectivity index (χ4v) is 2.62. The number of fused-ring (bicyclic) bond motifs is 2. The lowest BCUT2D eigenvalue weighted by molar-refractivity contribution is 0.311. The molecular formula is C13H15N. The van der Waals surface area contributed by atoms with Gasteiger partial charge in [-0.05, 0) is 18.4 Å². The molecule has 1 aromatic rings. The molecule has 0 amide bonds. The Hall–Kier alpha value is -1.08. The van der Waals surface area contributed by atoms with E-state index in [1.165, 1.54) is 31.5 Å². The Morgan fingerprint density at radius 3 is 2.64 bits per heavy atom. The highest BCUT2D eigenvalue weighted by Crippen LogP contribution is 2.31. The van der Waals surface area contributed by atoms with Crippen LogP contribution in [0.3, 0.4) is 0 Å². The Morgan fingerprint density at radius 1 is 1.21 bits per heavy atom. The zero-order chi connectivity index (χ0) is 9.38. The molecule has 72 valence electrons. The summed E-state index contributed by atoms with van der Waals surface area (Å²) < 4.78 is 0. The van der Waals surface area contributed by atoms with Crippen molar-refractivity contribution in [1.29, 1.82) is 0 Å². The predicted octanol–water partition coefficient (Wildman–Crippen LogP) is 2.24. The highest BCUT2D eigenvalue weighted by molar-refractivity contribution is 5.28. The van der Waals surface area contributed by atoms with Crippen LogP contribution in [0.5, 0.6) is 0 Å². The highest BCUT2D eigenvalue weighted by atomic mass is 15.2. The van der Waals surface area contributed by atoms with Crippen molar-refractivity contribution in [1.82, 2.24) is 4.90 Å². The maximum atomic E-state index is 2.59. The van der Waals surface area contributed by atoms with Crippen LogP contribution in [0.1, 0.15) is 12.0 Å². The largest absolute Gasteiger partial charge is 0.292 e. The molecule has 0 aliphatic carbocycles. The van der Waals surface area contributed by atoms with Gasteiger partial charge in [-0.2, -0.15) is 0 Å². The molecule has 1 aromatic carbocycles. The van der Waals surface area contributed by atoms with Crippen LogP contribution in [0.2, 0.25) is 0 Å². The van der Waals surface area contributed by atoms with Crippen molar-refractivity contribution in [2.24, 2.45) is 0 Å². The van der Waals surface area contributed by atoms with E-state index in [4.69, 9.17) is 0 Å². The number of rotatable bonds is 2. The van der Waals surface area contributed by atoms with Gasteiger partial charge in [-0.25, -0.2) is 0 Å². The lowest BCUT2D eigenvalue weighted by atomic mass is 10.0. The Morgan fingerprint density at radius 2 is 2.07 bits per heavy atom. The van der Waals surface area contributed by atoms with Crippen molar-refractivity contribution in [3.63, 3.8) is 0 Å². The smallest absolute Gasteiger partial charge is 0.0352 e. The van der Waals surface area contributed by atoms with Crippen molar-refractivity contribution >= 4 is 0 Å². The van der Waals surface area contributed by atoms with E-state index in [1.54, 1.807) is 5.57 Å².